The number of hydrogen-bond acceptors (Lipinski definition) is 6. The van der Waals surface area contributed by atoms with Crippen molar-refractivity contribution in [2.45, 2.75) is 18.9 Å². The normalized spacial score (nSPS) is 16.0. The van der Waals surface area contributed by atoms with Crippen LogP contribution in [-0.4, -0.2) is 49.9 Å². The van der Waals surface area contributed by atoms with E-state index in [1.54, 1.807) is 6.07 Å². The van der Waals surface area contributed by atoms with Gasteiger partial charge in [-0.25, -0.2) is 9.59 Å². The number of allylic oxidation sites excluding steroid dienone is 1. The molecular weight excluding hydrogens is 374 g/mol. The summed E-state index contributed by atoms with van der Waals surface area (Å²) in [6.07, 6.45) is 1.09. The number of rotatable bonds is 7. The first-order chi connectivity index (χ1) is 12.5. The van der Waals surface area contributed by atoms with E-state index in [9.17, 15) is 9.59 Å². The minimum atomic E-state index is -0.614. The molecule has 0 saturated heterocycles. The lowest BCUT2D eigenvalue weighted by atomic mass is 9.95. The Morgan fingerprint density at radius 3 is 2.62 bits per heavy atom. The summed E-state index contributed by atoms with van der Waals surface area (Å²) >= 11 is 10.7. The first-order valence-electron chi connectivity index (χ1n) is 8.20. The maximum atomic E-state index is 12.5. The lowest BCUT2D eigenvalue weighted by Gasteiger charge is -2.35. The fourth-order valence-electron chi connectivity index (χ4n) is 3.11. The Morgan fingerprint density at radius 2 is 2.04 bits per heavy atom. The average molecular weight is 396 g/mol. The average Bonchev–Trinajstić information content (AvgIpc) is 2.67. The molecule has 1 aliphatic rings. The SMILES string of the molecule is COC(=O)C(c1ccccc1Cl)N1CCC(CS)=C(CC(=C=O)OC)C1. The molecule has 1 unspecified atom stereocenters. The lowest BCUT2D eigenvalue weighted by Crippen LogP contribution is -2.40. The number of ether oxygens (including phenoxy) is 2. The van der Waals surface area contributed by atoms with Gasteiger partial charge in [0, 0.05) is 30.3 Å². The zero-order valence-electron chi connectivity index (χ0n) is 14.8. The van der Waals surface area contributed by atoms with E-state index < -0.39 is 6.04 Å². The fraction of sp³-hybridized carbons (Fsp3) is 0.421. The summed E-state index contributed by atoms with van der Waals surface area (Å²) in [4.78, 5) is 25.5. The highest BCUT2D eigenvalue weighted by Gasteiger charge is 2.33. The number of thiol groups is 1. The van der Waals surface area contributed by atoms with E-state index in [1.807, 2.05) is 29.0 Å². The second kappa shape index (κ2) is 9.83. The summed E-state index contributed by atoms with van der Waals surface area (Å²) in [5, 5.41) is 0.513. The third-order valence-electron chi connectivity index (χ3n) is 4.51. The van der Waals surface area contributed by atoms with Gasteiger partial charge in [0.25, 0.3) is 0 Å². The summed E-state index contributed by atoms with van der Waals surface area (Å²) in [6, 6.07) is 6.63. The van der Waals surface area contributed by atoms with Crippen molar-refractivity contribution in [2.24, 2.45) is 0 Å². The Hall–Kier alpha value is -1.72. The molecule has 0 amide bonds. The third-order valence-corrected chi connectivity index (χ3v) is 5.24. The minimum Gasteiger partial charge on any atom is -0.489 e. The summed E-state index contributed by atoms with van der Waals surface area (Å²) in [7, 11) is 2.81. The van der Waals surface area contributed by atoms with Crippen LogP contribution < -0.4 is 0 Å². The molecule has 2 rings (SSSR count). The van der Waals surface area contributed by atoms with Crippen molar-refractivity contribution < 1.29 is 19.1 Å². The number of halogens is 1. The molecule has 0 aliphatic carbocycles. The molecule has 1 aliphatic heterocycles. The maximum absolute atomic E-state index is 12.5. The summed E-state index contributed by atoms with van der Waals surface area (Å²) < 4.78 is 10.1. The predicted octanol–water partition coefficient (Wildman–Crippen LogP) is 3.24. The Balaban J connectivity index is 2.36. The van der Waals surface area contributed by atoms with Crippen molar-refractivity contribution in [3.05, 3.63) is 51.8 Å². The lowest BCUT2D eigenvalue weighted by molar-refractivity contribution is -0.147. The molecule has 0 N–H and O–H groups in total. The Bertz CT molecular complexity index is 743. The van der Waals surface area contributed by atoms with Crippen LogP contribution in [-0.2, 0) is 19.1 Å². The quantitative estimate of drug-likeness (QED) is 0.252. The minimum absolute atomic E-state index is 0.230. The molecule has 1 heterocycles. The first-order valence-corrected chi connectivity index (χ1v) is 9.21. The molecular formula is C19H22ClNO4S. The van der Waals surface area contributed by atoms with E-state index in [2.05, 4.69) is 12.6 Å². The smallest absolute Gasteiger partial charge is 0.327 e. The van der Waals surface area contributed by atoms with Crippen molar-refractivity contribution in [3.63, 3.8) is 0 Å². The molecule has 0 spiro atoms. The van der Waals surface area contributed by atoms with Crippen molar-refractivity contribution in [1.82, 2.24) is 4.90 Å². The number of benzene rings is 1. The Labute approximate surface area is 164 Å². The van der Waals surface area contributed by atoms with E-state index in [0.29, 0.717) is 35.8 Å². The van der Waals surface area contributed by atoms with Crippen molar-refractivity contribution in [3.8, 4) is 0 Å². The zero-order chi connectivity index (χ0) is 19.1. The van der Waals surface area contributed by atoms with Gasteiger partial charge < -0.3 is 9.47 Å². The van der Waals surface area contributed by atoms with E-state index in [0.717, 1.165) is 17.6 Å². The molecule has 26 heavy (non-hydrogen) atoms. The summed E-state index contributed by atoms with van der Waals surface area (Å²) in [5.41, 5.74) is 2.86. The van der Waals surface area contributed by atoms with E-state index in [-0.39, 0.29) is 11.7 Å². The van der Waals surface area contributed by atoms with Crippen LogP contribution in [0, 0.1) is 0 Å². The molecule has 5 nitrogen and oxygen atoms in total. The molecule has 140 valence electrons. The molecule has 0 bridgehead atoms. The number of nitrogens with zero attached hydrogens (tertiary/aromatic N) is 1. The zero-order valence-corrected chi connectivity index (χ0v) is 16.5. The van der Waals surface area contributed by atoms with Crippen LogP contribution in [0.1, 0.15) is 24.4 Å². The highest BCUT2D eigenvalue weighted by atomic mass is 35.5. The monoisotopic (exact) mass is 395 g/mol. The molecule has 1 aromatic rings. The van der Waals surface area contributed by atoms with Crippen LogP contribution in [0.15, 0.2) is 41.2 Å². The van der Waals surface area contributed by atoms with Gasteiger partial charge in [0.05, 0.1) is 14.2 Å². The van der Waals surface area contributed by atoms with Gasteiger partial charge >= 0.3 is 5.97 Å². The third kappa shape index (κ3) is 4.71. The highest BCUT2D eigenvalue weighted by molar-refractivity contribution is 7.80. The van der Waals surface area contributed by atoms with Crippen LogP contribution in [0.25, 0.3) is 0 Å². The van der Waals surface area contributed by atoms with Gasteiger partial charge in [0.2, 0.25) is 0 Å². The van der Waals surface area contributed by atoms with Gasteiger partial charge in [-0.3, -0.25) is 4.90 Å². The van der Waals surface area contributed by atoms with E-state index in [4.69, 9.17) is 21.1 Å². The summed E-state index contributed by atoms with van der Waals surface area (Å²) in [6.45, 7) is 1.16. The van der Waals surface area contributed by atoms with Crippen LogP contribution in [0.4, 0.5) is 0 Å². The Kier molecular flexibility index (Phi) is 7.79. The maximum Gasteiger partial charge on any atom is 0.327 e. The molecule has 7 heteroatoms. The van der Waals surface area contributed by atoms with Gasteiger partial charge in [0.15, 0.2) is 11.7 Å². The molecule has 0 radical (unpaired) electrons. The van der Waals surface area contributed by atoms with Crippen molar-refractivity contribution in [2.75, 3.05) is 33.1 Å². The molecule has 0 fully saturated rings. The van der Waals surface area contributed by atoms with Gasteiger partial charge in [-0.15, -0.1) is 0 Å². The molecule has 0 aromatic heterocycles. The van der Waals surface area contributed by atoms with Crippen molar-refractivity contribution >= 4 is 36.1 Å². The number of methoxy groups -OCH3 is 2. The van der Waals surface area contributed by atoms with Crippen LogP contribution >= 0.6 is 24.2 Å². The van der Waals surface area contributed by atoms with E-state index >= 15 is 0 Å². The van der Waals surface area contributed by atoms with Gasteiger partial charge in [-0.2, -0.15) is 12.6 Å². The van der Waals surface area contributed by atoms with Gasteiger partial charge in [-0.1, -0.05) is 35.4 Å². The van der Waals surface area contributed by atoms with E-state index in [1.165, 1.54) is 14.2 Å². The topological polar surface area (TPSA) is 55.8 Å². The second-order valence-corrected chi connectivity index (χ2v) is 6.66. The van der Waals surface area contributed by atoms with Crippen LogP contribution in [0.3, 0.4) is 0 Å². The highest BCUT2D eigenvalue weighted by Crippen LogP contribution is 2.33. The number of hydrogen-bond donors (Lipinski definition) is 1. The van der Waals surface area contributed by atoms with Crippen molar-refractivity contribution in [1.29, 1.82) is 0 Å². The number of carbonyl (C=O) groups excluding carboxylic acids is 2. The fourth-order valence-corrected chi connectivity index (χ4v) is 3.73. The second-order valence-electron chi connectivity index (χ2n) is 5.94. The first kappa shape index (κ1) is 20.6. The largest absolute Gasteiger partial charge is 0.489 e. The number of carbonyl (C=O) groups is 1. The molecule has 1 atom stereocenters. The van der Waals surface area contributed by atoms with Gasteiger partial charge in [-0.05, 0) is 23.6 Å². The number of esters is 1. The van der Waals surface area contributed by atoms with Gasteiger partial charge in [0.1, 0.15) is 6.04 Å². The standard InChI is InChI=1S/C19H22ClNO4S/c1-24-15(11-22)9-14-10-21(8-7-13(14)12-26)18(19(23)25-2)16-5-3-4-6-17(16)20/h3-6,18,26H,7-10,12H2,1-2H3. The molecule has 1 aromatic carbocycles. The molecule has 0 saturated carbocycles. The Morgan fingerprint density at radius 1 is 1.31 bits per heavy atom. The predicted molar refractivity (Wildman–Crippen MR) is 104 cm³/mol. The summed E-state index contributed by atoms with van der Waals surface area (Å²) in [5.74, 6) is 2.27. The van der Waals surface area contributed by atoms with Crippen LogP contribution in [0.5, 0.6) is 0 Å². The van der Waals surface area contributed by atoms with Crippen LogP contribution in [0.2, 0.25) is 5.02 Å².